The van der Waals surface area contributed by atoms with Gasteiger partial charge in [0.1, 0.15) is 17.3 Å². The molecule has 1 aliphatic carbocycles. The van der Waals surface area contributed by atoms with Crippen LogP contribution in [-0.4, -0.2) is 9.49 Å². The quantitative estimate of drug-likeness (QED) is 0.200. The standard InChI is InChI=1S/C32H22FN3O4S/c1-18-6-7-21(16-26(18)36(38)39)27-15-13-23(40-27)17-28-31(37)35-30(20-8-11-22(33)12-9-20)25-14-10-19-4-2-3-5-24(19)29(25)34-32(35)41-28/h2-9,11-13,15-17,30H,10,14H2,1H3/b28-17+/t30-/m0/s1. The Balaban J connectivity index is 1.37. The van der Waals surface area contributed by atoms with Gasteiger partial charge in [0, 0.05) is 28.8 Å². The highest BCUT2D eigenvalue weighted by Crippen LogP contribution is 2.41. The summed E-state index contributed by atoms with van der Waals surface area (Å²) < 4.78 is 22.0. The van der Waals surface area contributed by atoms with E-state index in [1.807, 2.05) is 12.1 Å². The summed E-state index contributed by atoms with van der Waals surface area (Å²) in [4.78, 5) is 30.4. The number of hydrogen-bond donors (Lipinski definition) is 0. The van der Waals surface area contributed by atoms with Gasteiger partial charge in [0.15, 0.2) is 4.80 Å². The second-order valence-electron chi connectivity index (χ2n) is 10.1. The van der Waals surface area contributed by atoms with Crippen LogP contribution < -0.4 is 14.9 Å². The first kappa shape index (κ1) is 25.1. The van der Waals surface area contributed by atoms with Crippen molar-refractivity contribution >= 4 is 28.8 Å². The number of nitro benzene ring substituents is 1. The molecule has 2 aliphatic rings. The molecule has 3 heterocycles. The van der Waals surface area contributed by atoms with Crippen molar-refractivity contribution in [3.63, 3.8) is 0 Å². The molecule has 202 valence electrons. The molecule has 1 aliphatic heterocycles. The second-order valence-corrected chi connectivity index (χ2v) is 11.1. The summed E-state index contributed by atoms with van der Waals surface area (Å²) in [5.74, 6) is 0.571. The summed E-state index contributed by atoms with van der Waals surface area (Å²) in [6, 6.07) is 22.5. The van der Waals surface area contributed by atoms with Crippen molar-refractivity contribution in [3.05, 3.63) is 148 Å². The van der Waals surface area contributed by atoms with Gasteiger partial charge in [-0.3, -0.25) is 19.5 Å². The number of aromatic nitrogens is 1. The molecule has 0 bridgehead atoms. The van der Waals surface area contributed by atoms with Crippen molar-refractivity contribution in [2.24, 2.45) is 4.99 Å². The smallest absolute Gasteiger partial charge is 0.273 e. The van der Waals surface area contributed by atoms with Crippen LogP contribution in [0, 0.1) is 22.9 Å². The molecule has 0 saturated carbocycles. The molecule has 3 aromatic carbocycles. The van der Waals surface area contributed by atoms with Gasteiger partial charge in [-0.2, -0.15) is 0 Å². The number of rotatable bonds is 4. The van der Waals surface area contributed by atoms with Gasteiger partial charge in [0.05, 0.1) is 21.2 Å². The summed E-state index contributed by atoms with van der Waals surface area (Å²) in [5, 5.41) is 11.4. The first-order chi connectivity index (χ1) is 19.9. The zero-order valence-electron chi connectivity index (χ0n) is 21.8. The van der Waals surface area contributed by atoms with Crippen molar-refractivity contribution in [1.29, 1.82) is 0 Å². The van der Waals surface area contributed by atoms with E-state index in [0.29, 0.717) is 32.0 Å². The maximum absolute atomic E-state index is 13.9. The van der Waals surface area contributed by atoms with Crippen molar-refractivity contribution in [2.75, 3.05) is 0 Å². The van der Waals surface area contributed by atoms with E-state index >= 15 is 0 Å². The lowest BCUT2D eigenvalue weighted by atomic mass is 9.83. The molecule has 0 fully saturated rings. The monoisotopic (exact) mass is 563 g/mol. The number of benzene rings is 3. The topological polar surface area (TPSA) is 90.6 Å². The maximum Gasteiger partial charge on any atom is 0.273 e. The lowest BCUT2D eigenvalue weighted by Gasteiger charge is -2.30. The molecule has 7 rings (SSSR count). The molecule has 41 heavy (non-hydrogen) atoms. The summed E-state index contributed by atoms with van der Waals surface area (Å²) in [6.07, 6.45) is 3.25. The Morgan fingerprint density at radius 3 is 2.68 bits per heavy atom. The highest BCUT2D eigenvalue weighted by Gasteiger charge is 2.32. The molecule has 0 spiro atoms. The zero-order valence-corrected chi connectivity index (χ0v) is 22.7. The first-order valence-corrected chi connectivity index (χ1v) is 13.9. The van der Waals surface area contributed by atoms with Crippen LogP contribution in [0.25, 0.3) is 23.1 Å². The fraction of sp³-hybridized carbons (Fsp3) is 0.125. The molecule has 0 unspecified atom stereocenters. The lowest BCUT2D eigenvalue weighted by molar-refractivity contribution is -0.385. The molecule has 0 radical (unpaired) electrons. The number of fused-ring (bicyclic) bond motifs is 3. The van der Waals surface area contributed by atoms with Crippen molar-refractivity contribution in [2.45, 2.75) is 25.8 Å². The Morgan fingerprint density at radius 1 is 1.07 bits per heavy atom. The van der Waals surface area contributed by atoms with Crippen molar-refractivity contribution in [1.82, 2.24) is 4.57 Å². The Labute approximate surface area is 237 Å². The predicted octanol–water partition coefficient (Wildman–Crippen LogP) is 5.93. The molecule has 9 heteroatoms. The average molecular weight is 564 g/mol. The van der Waals surface area contributed by atoms with E-state index in [1.165, 1.54) is 35.1 Å². The van der Waals surface area contributed by atoms with Crippen LogP contribution in [0.15, 0.2) is 98.6 Å². The van der Waals surface area contributed by atoms with Crippen LogP contribution in [0.4, 0.5) is 10.1 Å². The Hall–Kier alpha value is -4.89. The molecular weight excluding hydrogens is 541 g/mol. The molecular formula is C32H22FN3O4S. The van der Waals surface area contributed by atoms with E-state index in [4.69, 9.17) is 9.41 Å². The molecule has 0 saturated heterocycles. The van der Waals surface area contributed by atoms with Crippen LogP contribution in [-0.2, 0) is 6.42 Å². The number of halogens is 1. The van der Waals surface area contributed by atoms with Gasteiger partial charge in [-0.15, -0.1) is 0 Å². The number of nitro groups is 1. The molecule has 0 N–H and O–H groups in total. The van der Waals surface area contributed by atoms with Crippen LogP contribution in [0.2, 0.25) is 0 Å². The van der Waals surface area contributed by atoms with Crippen LogP contribution in [0.3, 0.4) is 0 Å². The van der Waals surface area contributed by atoms with Gasteiger partial charge >= 0.3 is 0 Å². The number of allylic oxidation sites excluding steroid dienone is 1. The molecule has 5 aromatic rings. The highest BCUT2D eigenvalue weighted by atomic mass is 32.1. The van der Waals surface area contributed by atoms with Gasteiger partial charge in [-0.05, 0) is 60.7 Å². The summed E-state index contributed by atoms with van der Waals surface area (Å²) in [6.45, 7) is 1.69. The summed E-state index contributed by atoms with van der Waals surface area (Å²) in [5.41, 5.74) is 5.94. The normalized spacial score (nSPS) is 16.1. The number of thiazole rings is 1. The third-order valence-corrected chi connectivity index (χ3v) is 8.63. The molecule has 0 amide bonds. The zero-order chi connectivity index (χ0) is 28.2. The van der Waals surface area contributed by atoms with E-state index in [9.17, 15) is 19.3 Å². The maximum atomic E-state index is 13.9. The minimum absolute atomic E-state index is 0.0140. The van der Waals surface area contributed by atoms with E-state index in [0.717, 1.165) is 35.2 Å². The largest absolute Gasteiger partial charge is 0.457 e. The molecule has 7 nitrogen and oxygen atoms in total. The second kappa shape index (κ2) is 9.64. The van der Waals surface area contributed by atoms with Crippen LogP contribution in [0.5, 0.6) is 0 Å². The minimum atomic E-state index is -0.418. The molecule has 1 atom stereocenters. The summed E-state index contributed by atoms with van der Waals surface area (Å²) >= 11 is 1.27. The van der Waals surface area contributed by atoms with Gasteiger partial charge in [-0.25, -0.2) is 9.38 Å². The fourth-order valence-corrected chi connectivity index (χ4v) is 6.62. The Kier molecular flexibility index (Phi) is 5.90. The number of aryl methyl sites for hydroxylation is 2. The summed E-state index contributed by atoms with van der Waals surface area (Å²) in [7, 11) is 0. The van der Waals surface area contributed by atoms with Gasteiger partial charge in [0.25, 0.3) is 11.2 Å². The number of hydrogen-bond acceptors (Lipinski definition) is 6. The fourth-order valence-electron chi connectivity index (χ4n) is 5.64. The average Bonchev–Trinajstić information content (AvgIpc) is 3.57. The predicted molar refractivity (Wildman–Crippen MR) is 155 cm³/mol. The lowest BCUT2D eigenvalue weighted by Crippen LogP contribution is -2.38. The third-order valence-electron chi connectivity index (χ3n) is 7.65. The van der Waals surface area contributed by atoms with Crippen LogP contribution >= 0.6 is 11.3 Å². The van der Waals surface area contributed by atoms with Crippen LogP contribution in [0.1, 0.15) is 40.5 Å². The van der Waals surface area contributed by atoms with Crippen molar-refractivity contribution in [3.8, 4) is 11.3 Å². The minimum Gasteiger partial charge on any atom is -0.457 e. The first-order valence-electron chi connectivity index (χ1n) is 13.1. The number of furan rings is 1. The van der Waals surface area contributed by atoms with E-state index < -0.39 is 11.0 Å². The van der Waals surface area contributed by atoms with E-state index in [-0.39, 0.29) is 17.1 Å². The van der Waals surface area contributed by atoms with E-state index in [1.54, 1.807) is 54.0 Å². The van der Waals surface area contributed by atoms with Gasteiger partial charge in [-0.1, -0.05) is 59.9 Å². The SMILES string of the molecule is Cc1ccc(-c2ccc(/C=c3/sc4n(c3=O)[C@@H](c3ccc(F)cc3)C3=C(N=4)c4ccccc4CC3)o2)cc1[N+](=O)[O-]. The molecule has 2 aromatic heterocycles. The highest BCUT2D eigenvalue weighted by molar-refractivity contribution is 7.07. The van der Waals surface area contributed by atoms with E-state index in [2.05, 4.69) is 12.1 Å². The van der Waals surface area contributed by atoms with Crippen molar-refractivity contribution < 1.29 is 13.7 Å². The number of nitrogens with zero attached hydrogens (tertiary/aromatic N) is 3. The Bertz CT molecular complexity index is 2090. The third kappa shape index (κ3) is 4.25. The van der Waals surface area contributed by atoms with Gasteiger partial charge < -0.3 is 4.42 Å². The Morgan fingerprint density at radius 2 is 1.88 bits per heavy atom. The van der Waals surface area contributed by atoms with Gasteiger partial charge in [0.2, 0.25) is 0 Å².